The highest BCUT2D eigenvalue weighted by Crippen LogP contribution is 2.36. The number of rotatable bonds is 7. The van der Waals surface area contributed by atoms with Gasteiger partial charge in [0.15, 0.2) is 9.84 Å². The zero-order valence-electron chi connectivity index (χ0n) is 28.7. The Morgan fingerprint density at radius 1 is 0.925 bits per heavy atom. The average Bonchev–Trinajstić information content (AvgIpc) is 4.02. The summed E-state index contributed by atoms with van der Waals surface area (Å²) in [5.41, 5.74) is 2.72. The Bertz CT molecular complexity index is 2340. The van der Waals surface area contributed by atoms with Crippen LogP contribution in [0.1, 0.15) is 47.2 Å². The summed E-state index contributed by atoms with van der Waals surface area (Å²) in [7, 11) is -2.11. The van der Waals surface area contributed by atoms with Gasteiger partial charge in [-0.25, -0.2) is 18.0 Å². The number of benzene rings is 4. The molecule has 4 bridgehead atoms. The summed E-state index contributed by atoms with van der Waals surface area (Å²) in [6.07, 6.45) is 1.10. The number of aromatic nitrogens is 1. The molecule has 13 nitrogen and oxygen atoms in total. The maximum Gasteiger partial charge on any atom is 0.411 e. The largest absolute Gasteiger partial charge is 0.447 e. The molecular weight excluding hydrogens is 699 g/mol. The molecule has 4 N–H and O–H groups in total. The molecule has 1 aromatic heterocycles. The molecule has 2 aliphatic heterocycles. The summed E-state index contributed by atoms with van der Waals surface area (Å²) in [5, 5.41) is 9.36. The number of amides is 3. The molecule has 0 spiro atoms. The van der Waals surface area contributed by atoms with E-state index in [2.05, 4.69) is 20.9 Å². The molecule has 14 heteroatoms. The van der Waals surface area contributed by atoms with Crippen LogP contribution in [0, 0.1) is 0 Å². The van der Waals surface area contributed by atoms with E-state index in [4.69, 9.17) is 9.47 Å². The van der Waals surface area contributed by atoms with Gasteiger partial charge in [-0.2, -0.15) is 0 Å². The fourth-order valence-corrected chi connectivity index (χ4v) is 8.12. The number of anilines is 2. The summed E-state index contributed by atoms with van der Waals surface area (Å²) in [5.74, 6) is -0.390. The third-order valence-corrected chi connectivity index (χ3v) is 11.6. The molecule has 5 aromatic rings. The zero-order chi connectivity index (χ0) is 37.1. The van der Waals surface area contributed by atoms with Gasteiger partial charge in [0.25, 0.3) is 5.56 Å². The van der Waals surface area contributed by atoms with Crippen LogP contribution < -0.4 is 21.5 Å². The molecule has 1 saturated carbocycles. The van der Waals surface area contributed by atoms with Gasteiger partial charge in [0.05, 0.1) is 16.2 Å². The van der Waals surface area contributed by atoms with Crippen LogP contribution in [-0.2, 0) is 37.3 Å². The average molecular weight is 736 g/mol. The minimum atomic E-state index is -3.68. The van der Waals surface area contributed by atoms with Crippen LogP contribution in [0.2, 0.25) is 0 Å². The number of nitrogens with one attached hydrogen (secondary N) is 4. The van der Waals surface area contributed by atoms with Gasteiger partial charge in [-0.3, -0.25) is 14.9 Å². The van der Waals surface area contributed by atoms with Gasteiger partial charge in [0, 0.05) is 36.6 Å². The number of carbonyl (C=O) groups excluding carboxylic acids is 3. The number of alkyl carbamates (subject to hydrolysis) is 1. The van der Waals surface area contributed by atoms with Crippen LogP contribution >= 0.6 is 0 Å². The molecule has 8 rings (SSSR count). The molecule has 2 atom stereocenters. The third-order valence-electron chi connectivity index (χ3n) is 9.25. The number of fused-ring (bicyclic) bond motifs is 10. The fourth-order valence-electron chi connectivity index (χ4n) is 6.26. The lowest BCUT2D eigenvalue weighted by atomic mass is 9.99. The second-order valence-electron chi connectivity index (χ2n) is 13.1. The molecule has 0 unspecified atom stereocenters. The smallest absolute Gasteiger partial charge is 0.411 e. The summed E-state index contributed by atoms with van der Waals surface area (Å²) >= 11 is 0. The molecule has 0 radical (unpaired) electrons. The summed E-state index contributed by atoms with van der Waals surface area (Å²) in [6.45, 7) is -0.338. The molecule has 272 valence electrons. The Morgan fingerprint density at radius 3 is 2.43 bits per heavy atom. The van der Waals surface area contributed by atoms with Crippen LogP contribution in [0.15, 0.2) is 113 Å². The van der Waals surface area contributed by atoms with E-state index in [0.29, 0.717) is 40.6 Å². The minimum Gasteiger partial charge on any atom is -0.447 e. The second kappa shape index (κ2) is 14.8. The minimum absolute atomic E-state index is 0.0259. The standard InChI is InChI=1S/C39H37N5O8S/c1-44-21-28-19-29(13-16-34(28)53(49,50)31-14-15-31)42-38(47)52-23-33(43-39(48)51-22-24-5-3-2-4-6-24)26-7-9-27(10-8-26)35(37(44)46)41-30-12-11-25-17-18-40-36(45)32(25)20-30/h2-13,16-20,31,33,35,41H,14-15,21-23H2,1H3,(H,40,45)(H,42,47)(H,43,48)/t33-,35+/m0/s1. The number of hydrogen-bond acceptors (Lipinski definition) is 9. The van der Waals surface area contributed by atoms with Crippen molar-refractivity contribution >= 4 is 50.1 Å². The number of sulfone groups is 1. The van der Waals surface area contributed by atoms with Gasteiger partial charge in [-0.15, -0.1) is 0 Å². The molecule has 4 aromatic carbocycles. The first kappa shape index (κ1) is 35.3. The number of aromatic amines is 1. The summed E-state index contributed by atoms with van der Waals surface area (Å²) in [4.78, 5) is 57.2. The first-order chi connectivity index (χ1) is 25.5. The highest BCUT2D eigenvalue weighted by Gasteiger charge is 2.38. The van der Waals surface area contributed by atoms with Gasteiger partial charge in [0.2, 0.25) is 5.91 Å². The second-order valence-corrected chi connectivity index (χ2v) is 15.3. The first-order valence-corrected chi connectivity index (χ1v) is 18.6. The molecule has 1 fully saturated rings. The molecule has 53 heavy (non-hydrogen) atoms. The van der Waals surface area contributed by atoms with Crippen LogP contribution in [-0.4, -0.2) is 55.3 Å². The number of nitrogens with zero attached hydrogens (tertiary/aromatic N) is 1. The van der Waals surface area contributed by atoms with Crippen LogP contribution in [0.4, 0.5) is 21.0 Å². The lowest BCUT2D eigenvalue weighted by Crippen LogP contribution is -2.36. The van der Waals surface area contributed by atoms with E-state index in [-0.39, 0.29) is 35.9 Å². The van der Waals surface area contributed by atoms with Gasteiger partial charge in [-0.05, 0) is 76.9 Å². The predicted molar refractivity (Wildman–Crippen MR) is 198 cm³/mol. The number of ether oxygens (including phenoxy) is 2. The van der Waals surface area contributed by atoms with E-state index in [1.54, 1.807) is 61.8 Å². The van der Waals surface area contributed by atoms with Crippen molar-refractivity contribution < 1.29 is 32.3 Å². The molecular formula is C39H37N5O8S. The van der Waals surface area contributed by atoms with E-state index >= 15 is 0 Å². The van der Waals surface area contributed by atoms with E-state index in [9.17, 15) is 27.6 Å². The lowest BCUT2D eigenvalue weighted by molar-refractivity contribution is -0.131. The molecule has 3 heterocycles. The number of H-pyrrole nitrogens is 1. The first-order valence-electron chi connectivity index (χ1n) is 17.1. The summed E-state index contributed by atoms with van der Waals surface area (Å²) < 4.78 is 38.0. The molecule has 0 saturated heterocycles. The highest BCUT2D eigenvalue weighted by atomic mass is 32.2. The van der Waals surface area contributed by atoms with Crippen molar-refractivity contribution in [1.29, 1.82) is 0 Å². The van der Waals surface area contributed by atoms with E-state index in [1.165, 1.54) is 23.1 Å². The van der Waals surface area contributed by atoms with Gasteiger partial charge in [-0.1, -0.05) is 60.7 Å². The van der Waals surface area contributed by atoms with Crippen molar-refractivity contribution in [2.45, 2.75) is 48.2 Å². The van der Waals surface area contributed by atoms with Crippen LogP contribution in [0.25, 0.3) is 10.8 Å². The van der Waals surface area contributed by atoms with Crippen molar-refractivity contribution in [3.8, 4) is 0 Å². The molecule has 1 aliphatic carbocycles. The summed E-state index contributed by atoms with van der Waals surface area (Å²) in [6, 6.07) is 25.6. The van der Waals surface area contributed by atoms with Crippen molar-refractivity contribution in [3.05, 3.63) is 136 Å². The Labute approximate surface area is 305 Å². The lowest BCUT2D eigenvalue weighted by Gasteiger charge is -2.27. The molecule has 3 amide bonds. The van der Waals surface area contributed by atoms with E-state index < -0.39 is 45.3 Å². The number of hydrogen-bond donors (Lipinski definition) is 4. The van der Waals surface area contributed by atoms with E-state index in [0.717, 1.165) is 10.9 Å². The van der Waals surface area contributed by atoms with Crippen LogP contribution in [0.3, 0.4) is 0 Å². The number of likely N-dealkylation sites (N-methyl/N-ethyl adjacent to an activating group) is 1. The Balaban J connectivity index is 1.24. The highest BCUT2D eigenvalue weighted by molar-refractivity contribution is 7.92. The zero-order valence-corrected chi connectivity index (χ0v) is 29.5. The topological polar surface area (TPSA) is 176 Å². The fraction of sp³-hybridized carbons (Fsp3) is 0.231. The normalized spacial score (nSPS) is 17.9. The SMILES string of the molecule is CN1Cc2cc(ccc2S(=O)(=O)C2CC2)NC(=O)OC[C@H](NC(=O)OCc2ccccc2)c2ccc(cc2)[C@@H](Nc2ccc3cc[nH]c(=O)c3c2)C1=O. The predicted octanol–water partition coefficient (Wildman–Crippen LogP) is 5.81. The van der Waals surface area contributed by atoms with Crippen LogP contribution in [0.5, 0.6) is 0 Å². The number of pyridine rings is 1. The van der Waals surface area contributed by atoms with E-state index in [1.807, 2.05) is 30.3 Å². The van der Waals surface area contributed by atoms with Gasteiger partial charge < -0.3 is 30.0 Å². The van der Waals surface area contributed by atoms with Crippen molar-refractivity contribution in [3.63, 3.8) is 0 Å². The number of carbonyl (C=O) groups is 3. The maximum atomic E-state index is 14.4. The Hall–Kier alpha value is -6.15. The van der Waals surface area contributed by atoms with Gasteiger partial charge in [0.1, 0.15) is 19.3 Å². The van der Waals surface area contributed by atoms with Crippen molar-refractivity contribution in [2.75, 3.05) is 24.3 Å². The maximum absolute atomic E-state index is 14.4. The monoisotopic (exact) mass is 735 g/mol. The third kappa shape index (κ3) is 8.02. The van der Waals surface area contributed by atoms with Crippen molar-refractivity contribution in [1.82, 2.24) is 15.2 Å². The molecule has 3 aliphatic rings. The van der Waals surface area contributed by atoms with Gasteiger partial charge >= 0.3 is 12.2 Å². The Kier molecular flexibility index (Phi) is 9.87. The van der Waals surface area contributed by atoms with Crippen molar-refractivity contribution in [2.24, 2.45) is 0 Å². The quantitative estimate of drug-likeness (QED) is 0.161. The Morgan fingerprint density at radius 2 is 1.68 bits per heavy atom.